The third-order valence-corrected chi connectivity index (χ3v) is 3.43. The molecule has 2 aromatic heterocycles. The minimum absolute atomic E-state index is 0.0462. The molecule has 0 aliphatic carbocycles. The number of carbonyl (C=O) groups is 1. The molecular weight excluding hydrogens is 373 g/mol. The number of carboxylic acid groups (broad SMARTS) is 1. The Balaban J connectivity index is 1.87. The summed E-state index contributed by atoms with van der Waals surface area (Å²) < 4.78 is 19.5. The molecule has 0 spiro atoms. The van der Waals surface area contributed by atoms with E-state index in [2.05, 4.69) is 20.4 Å². The molecule has 144 valence electrons. The van der Waals surface area contributed by atoms with E-state index in [1.807, 2.05) is 0 Å². The van der Waals surface area contributed by atoms with Crippen LogP contribution in [0.15, 0.2) is 56.9 Å². The van der Waals surface area contributed by atoms with Crippen molar-refractivity contribution < 1.29 is 23.7 Å². The van der Waals surface area contributed by atoms with E-state index in [1.165, 1.54) is 31.3 Å². The Kier molecular flexibility index (Phi) is 5.44. The van der Waals surface area contributed by atoms with Crippen molar-refractivity contribution in [2.75, 3.05) is 5.32 Å². The van der Waals surface area contributed by atoms with Gasteiger partial charge in [-0.1, -0.05) is 23.4 Å². The summed E-state index contributed by atoms with van der Waals surface area (Å²) >= 11 is 0. The lowest BCUT2D eigenvalue weighted by atomic mass is 10.1. The Morgan fingerprint density at radius 1 is 1.32 bits per heavy atom. The molecule has 28 heavy (non-hydrogen) atoms. The van der Waals surface area contributed by atoms with E-state index in [4.69, 9.17) is 14.5 Å². The van der Waals surface area contributed by atoms with Crippen LogP contribution in [0.4, 0.5) is 15.0 Å². The van der Waals surface area contributed by atoms with E-state index < -0.39 is 17.7 Å². The van der Waals surface area contributed by atoms with Gasteiger partial charge in [0.2, 0.25) is 0 Å². The van der Waals surface area contributed by atoms with Crippen LogP contribution in [-0.2, 0) is 18.5 Å². The first-order chi connectivity index (χ1) is 13.4. The van der Waals surface area contributed by atoms with Gasteiger partial charge >= 0.3 is 11.8 Å². The highest BCUT2D eigenvalue weighted by atomic mass is 19.1. The third-order valence-electron chi connectivity index (χ3n) is 3.43. The van der Waals surface area contributed by atoms with Crippen LogP contribution in [0.5, 0.6) is 0 Å². The first-order valence-corrected chi connectivity index (χ1v) is 7.89. The average molecular weight is 387 g/mol. The average Bonchev–Trinajstić information content (AvgIpc) is 2.96. The number of pyridine rings is 1. The fraction of sp³-hybridized carbons (Fsp3) is 0.118. The maximum absolute atomic E-state index is 13.6. The molecule has 2 heterocycles. The van der Waals surface area contributed by atoms with Crippen molar-refractivity contribution in [1.82, 2.24) is 14.7 Å². The minimum atomic E-state index is -1.25. The molecule has 10 nitrogen and oxygen atoms in total. The van der Waals surface area contributed by atoms with Gasteiger partial charge in [-0.3, -0.25) is 5.32 Å². The number of amides is 1. The Labute approximate surface area is 156 Å². The number of hydrogen-bond donors (Lipinski definition) is 2. The van der Waals surface area contributed by atoms with Crippen LogP contribution in [0.2, 0.25) is 0 Å². The Morgan fingerprint density at radius 2 is 2.11 bits per heavy atom. The highest BCUT2D eigenvalue weighted by Gasteiger charge is 2.17. The van der Waals surface area contributed by atoms with E-state index >= 15 is 0 Å². The Bertz CT molecular complexity index is 1090. The van der Waals surface area contributed by atoms with Crippen molar-refractivity contribution >= 4 is 17.6 Å². The van der Waals surface area contributed by atoms with Crippen LogP contribution < -0.4 is 11.1 Å². The first kappa shape index (κ1) is 18.8. The SMILES string of the molecule is Cn1oc(=O)nc1C(=NOCc1cccc(NC(=O)O)n1)c1cccc(F)c1. The molecule has 3 rings (SSSR count). The molecule has 0 aliphatic rings. The van der Waals surface area contributed by atoms with Crippen molar-refractivity contribution in [3.8, 4) is 0 Å². The Hall–Kier alpha value is -4.02. The number of nitrogens with zero attached hydrogens (tertiary/aromatic N) is 4. The number of anilines is 1. The van der Waals surface area contributed by atoms with E-state index in [9.17, 15) is 14.0 Å². The summed E-state index contributed by atoms with van der Waals surface area (Å²) in [6.07, 6.45) is -1.25. The molecule has 11 heteroatoms. The molecule has 0 radical (unpaired) electrons. The summed E-state index contributed by atoms with van der Waals surface area (Å²) in [6.45, 7) is -0.111. The summed E-state index contributed by atoms with van der Waals surface area (Å²) in [5.41, 5.74) is 0.786. The number of halogens is 1. The fourth-order valence-corrected chi connectivity index (χ4v) is 2.30. The van der Waals surface area contributed by atoms with Crippen molar-refractivity contribution in [3.05, 3.63) is 75.9 Å². The number of nitrogens with one attached hydrogen (secondary N) is 1. The molecule has 0 unspecified atom stereocenters. The summed E-state index contributed by atoms with van der Waals surface area (Å²) in [5.74, 6) is -1.17. The molecule has 0 saturated carbocycles. The monoisotopic (exact) mass is 387 g/mol. The number of aryl methyl sites for hydroxylation is 1. The van der Waals surface area contributed by atoms with Gasteiger partial charge in [0.1, 0.15) is 11.6 Å². The number of oxime groups is 1. The van der Waals surface area contributed by atoms with Gasteiger partial charge in [0.15, 0.2) is 18.1 Å². The van der Waals surface area contributed by atoms with Crippen molar-refractivity contribution in [2.45, 2.75) is 6.61 Å². The molecular formula is C17H14FN5O5. The smallest absolute Gasteiger partial charge is 0.460 e. The second-order valence-corrected chi connectivity index (χ2v) is 5.46. The molecule has 0 fully saturated rings. The van der Waals surface area contributed by atoms with Crippen LogP contribution >= 0.6 is 0 Å². The second-order valence-electron chi connectivity index (χ2n) is 5.46. The summed E-state index contributed by atoms with van der Waals surface area (Å²) in [6, 6.07) is 10.2. The number of aromatic nitrogens is 3. The molecule has 0 saturated heterocycles. The topological polar surface area (TPSA) is 132 Å². The molecule has 2 N–H and O–H groups in total. The summed E-state index contributed by atoms with van der Waals surface area (Å²) in [7, 11) is 1.45. The zero-order valence-corrected chi connectivity index (χ0v) is 14.5. The van der Waals surface area contributed by atoms with Crippen molar-refractivity contribution in [3.63, 3.8) is 0 Å². The third kappa shape index (κ3) is 4.58. The Morgan fingerprint density at radius 3 is 2.79 bits per heavy atom. The number of rotatable bonds is 6. The van der Waals surface area contributed by atoms with Crippen molar-refractivity contribution in [1.29, 1.82) is 0 Å². The standard InChI is InChI=1S/C17H14FN5O5/c1-23-15(21-17(26)28-23)14(10-4-2-5-11(18)8-10)22-27-9-12-6-3-7-13(19-12)20-16(24)25/h2-8H,9H2,1H3,(H,19,20)(H,24,25). The second kappa shape index (κ2) is 8.12. The molecule has 1 aromatic carbocycles. The molecule has 0 aliphatic heterocycles. The van der Waals surface area contributed by atoms with Crippen LogP contribution in [0.1, 0.15) is 17.1 Å². The van der Waals surface area contributed by atoms with Crippen LogP contribution in [0, 0.1) is 5.82 Å². The highest BCUT2D eigenvalue weighted by molar-refractivity contribution is 6.10. The van der Waals surface area contributed by atoms with Gasteiger partial charge in [0.05, 0.1) is 5.69 Å². The first-order valence-electron chi connectivity index (χ1n) is 7.89. The molecule has 0 bridgehead atoms. The number of hydrogen-bond acceptors (Lipinski definition) is 7. The predicted molar refractivity (Wildman–Crippen MR) is 94.5 cm³/mol. The van der Waals surface area contributed by atoms with Gasteiger partial charge in [0.25, 0.3) is 0 Å². The molecule has 3 aromatic rings. The van der Waals surface area contributed by atoms with Gasteiger partial charge in [-0.25, -0.2) is 19.0 Å². The van der Waals surface area contributed by atoms with Crippen LogP contribution in [-0.4, -0.2) is 31.6 Å². The largest absolute Gasteiger partial charge is 0.465 e. The van der Waals surface area contributed by atoms with Crippen molar-refractivity contribution in [2.24, 2.45) is 12.2 Å². The van der Waals surface area contributed by atoms with E-state index in [-0.39, 0.29) is 24.0 Å². The normalized spacial score (nSPS) is 11.3. The lowest BCUT2D eigenvalue weighted by molar-refractivity contribution is 0.128. The van der Waals surface area contributed by atoms with Gasteiger partial charge in [-0.15, -0.1) is 0 Å². The zero-order valence-electron chi connectivity index (χ0n) is 14.5. The van der Waals surface area contributed by atoms with Gasteiger partial charge in [0, 0.05) is 12.6 Å². The fourth-order valence-electron chi connectivity index (χ4n) is 2.30. The lowest BCUT2D eigenvalue weighted by Gasteiger charge is -2.07. The van der Waals surface area contributed by atoms with E-state index in [1.54, 1.807) is 18.2 Å². The van der Waals surface area contributed by atoms with E-state index in [0.717, 1.165) is 4.74 Å². The van der Waals surface area contributed by atoms with Crippen LogP contribution in [0.25, 0.3) is 0 Å². The maximum Gasteiger partial charge on any atom is 0.460 e. The van der Waals surface area contributed by atoms with Gasteiger partial charge in [-0.2, -0.15) is 9.72 Å². The molecule has 1 amide bonds. The maximum atomic E-state index is 13.6. The molecule has 0 atom stereocenters. The summed E-state index contributed by atoms with van der Waals surface area (Å²) in [4.78, 5) is 35.1. The summed E-state index contributed by atoms with van der Waals surface area (Å²) in [5, 5.41) is 14.8. The van der Waals surface area contributed by atoms with Crippen LogP contribution in [0.3, 0.4) is 0 Å². The minimum Gasteiger partial charge on any atom is -0.465 e. The van der Waals surface area contributed by atoms with Gasteiger partial charge in [-0.05, 0) is 24.3 Å². The predicted octanol–water partition coefficient (Wildman–Crippen LogP) is 1.97. The zero-order chi connectivity index (χ0) is 20.1. The lowest BCUT2D eigenvalue weighted by Crippen LogP contribution is -2.12. The quantitative estimate of drug-likeness (QED) is 0.488. The van der Waals surface area contributed by atoms with E-state index in [0.29, 0.717) is 11.3 Å². The van der Waals surface area contributed by atoms with Gasteiger partial charge < -0.3 is 14.5 Å². The number of benzene rings is 1. The highest BCUT2D eigenvalue weighted by Crippen LogP contribution is 2.12.